The summed E-state index contributed by atoms with van der Waals surface area (Å²) in [5.41, 5.74) is 3.40. The predicted octanol–water partition coefficient (Wildman–Crippen LogP) is 2.17. The van der Waals surface area contributed by atoms with Crippen LogP contribution in [0, 0.1) is 13.8 Å². The number of anilines is 1. The van der Waals surface area contributed by atoms with E-state index in [0.29, 0.717) is 11.4 Å². The molecule has 0 aliphatic carbocycles. The van der Waals surface area contributed by atoms with Crippen LogP contribution in [0.5, 0.6) is 0 Å². The van der Waals surface area contributed by atoms with E-state index in [4.69, 9.17) is 4.42 Å². The van der Waals surface area contributed by atoms with Gasteiger partial charge in [0.25, 0.3) is 5.78 Å². The van der Waals surface area contributed by atoms with E-state index in [1.165, 1.54) is 6.33 Å². The molecule has 148 valence electrons. The predicted molar refractivity (Wildman–Crippen MR) is 110 cm³/mol. The number of hydrogen-bond acceptors (Lipinski definition) is 7. The molecule has 1 fully saturated rings. The molecule has 0 radical (unpaired) electrons. The van der Waals surface area contributed by atoms with Crippen LogP contribution in [0.15, 0.2) is 45.9 Å². The lowest BCUT2D eigenvalue weighted by Crippen LogP contribution is -2.46. The average molecular weight is 390 g/mol. The highest BCUT2D eigenvalue weighted by molar-refractivity contribution is 5.80. The minimum atomic E-state index is -0.294. The van der Waals surface area contributed by atoms with Crippen LogP contribution in [0.3, 0.4) is 0 Å². The summed E-state index contributed by atoms with van der Waals surface area (Å²) in [7, 11) is 0. The van der Waals surface area contributed by atoms with E-state index in [0.717, 1.165) is 60.7 Å². The van der Waals surface area contributed by atoms with E-state index in [9.17, 15) is 4.79 Å². The Balaban J connectivity index is 1.36. The number of rotatable bonds is 3. The van der Waals surface area contributed by atoms with Crippen LogP contribution in [0.25, 0.3) is 16.7 Å². The Morgan fingerprint density at radius 3 is 2.72 bits per heavy atom. The molecule has 0 amide bonds. The number of fused-ring (bicyclic) bond motifs is 2. The molecule has 1 aromatic carbocycles. The summed E-state index contributed by atoms with van der Waals surface area (Å²) in [6, 6.07) is 9.69. The van der Waals surface area contributed by atoms with Gasteiger partial charge < -0.3 is 9.32 Å². The number of nitrogens with zero attached hydrogens (tertiary/aromatic N) is 6. The van der Waals surface area contributed by atoms with Gasteiger partial charge in [0, 0.05) is 55.9 Å². The molecule has 3 aromatic heterocycles. The van der Waals surface area contributed by atoms with Crippen LogP contribution < -0.4 is 10.5 Å². The van der Waals surface area contributed by atoms with E-state index in [1.54, 1.807) is 10.6 Å². The van der Waals surface area contributed by atoms with Gasteiger partial charge in [-0.15, -0.1) is 0 Å². The Morgan fingerprint density at radius 1 is 1.07 bits per heavy atom. The molecule has 0 unspecified atom stereocenters. The lowest BCUT2D eigenvalue weighted by molar-refractivity contribution is 0.249. The fraction of sp³-hybridized carbons (Fsp3) is 0.333. The van der Waals surface area contributed by atoms with Crippen LogP contribution in [-0.4, -0.2) is 50.7 Å². The second kappa shape index (κ2) is 6.97. The quantitative estimate of drug-likeness (QED) is 0.496. The van der Waals surface area contributed by atoms with Gasteiger partial charge in [0.2, 0.25) is 0 Å². The van der Waals surface area contributed by atoms with Crippen molar-refractivity contribution in [3.63, 3.8) is 0 Å². The number of aromatic nitrogens is 4. The zero-order valence-corrected chi connectivity index (χ0v) is 16.5. The highest BCUT2D eigenvalue weighted by atomic mass is 16.4. The summed E-state index contributed by atoms with van der Waals surface area (Å²) in [6.07, 6.45) is 1.54. The maximum atomic E-state index is 12.0. The lowest BCUT2D eigenvalue weighted by Gasteiger charge is -2.36. The first-order valence-corrected chi connectivity index (χ1v) is 9.75. The Bertz CT molecular complexity index is 1250. The fourth-order valence-electron chi connectivity index (χ4n) is 3.98. The topological polar surface area (TPSA) is 79.8 Å². The molecule has 8 nitrogen and oxygen atoms in total. The fourth-order valence-corrected chi connectivity index (χ4v) is 3.98. The molecule has 0 bridgehead atoms. The molecule has 8 heteroatoms. The number of benzene rings is 1. The zero-order valence-electron chi connectivity index (χ0n) is 16.5. The summed E-state index contributed by atoms with van der Waals surface area (Å²) in [5, 5.41) is 5.32. The molecule has 0 spiro atoms. The molecule has 4 aromatic rings. The van der Waals surface area contributed by atoms with Crippen molar-refractivity contribution in [1.82, 2.24) is 24.5 Å². The minimum Gasteiger partial charge on any atom is -0.423 e. The van der Waals surface area contributed by atoms with Crippen LogP contribution >= 0.6 is 0 Å². The maximum absolute atomic E-state index is 12.0. The summed E-state index contributed by atoms with van der Waals surface area (Å²) in [5.74, 6) is 1.64. The van der Waals surface area contributed by atoms with E-state index >= 15 is 0 Å². The second-order valence-corrected chi connectivity index (χ2v) is 7.58. The molecule has 0 N–H and O–H groups in total. The third-order valence-electron chi connectivity index (χ3n) is 5.44. The monoisotopic (exact) mass is 390 g/mol. The van der Waals surface area contributed by atoms with Gasteiger partial charge in [0.15, 0.2) is 0 Å². The molecule has 0 saturated carbocycles. The first-order valence-electron chi connectivity index (χ1n) is 9.75. The van der Waals surface area contributed by atoms with Crippen molar-refractivity contribution in [3.05, 3.63) is 63.9 Å². The minimum absolute atomic E-state index is 0.294. The largest absolute Gasteiger partial charge is 0.423 e. The Labute approximate surface area is 167 Å². The highest BCUT2D eigenvalue weighted by Gasteiger charge is 2.21. The number of hydrogen-bond donors (Lipinski definition) is 0. The van der Waals surface area contributed by atoms with Gasteiger partial charge >= 0.3 is 5.63 Å². The van der Waals surface area contributed by atoms with Crippen molar-refractivity contribution >= 4 is 22.6 Å². The normalized spacial score (nSPS) is 15.4. The van der Waals surface area contributed by atoms with E-state index in [2.05, 4.69) is 37.0 Å². The van der Waals surface area contributed by atoms with Gasteiger partial charge in [-0.1, -0.05) is 12.1 Å². The SMILES string of the molecule is Cc1ccc2c(CN3CCN(c4cc(C)nc5ncnn45)CC3)cc(=O)oc2c1. The first kappa shape index (κ1) is 17.8. The van der Waals surface area contributed by atoms with Crippen molar-refractivity contribution in [3.8, 4) is 0 Å². The molecule has 0 atom stereocenters. The standard InChI is InChI=1S/C21H22N6O2/c1-14-3-4-17-16(11-20(28)29-18(17)9-14)12-25-5-7-26(8-6-25)19-10-15(2)24-21-22-13-23-27(19)21/h3-4,9-11,13H,5-8,12H2,1-2H3. The smallest absolute Gasteiger partial charge is 0.336 e. The van der Waals surface area contributed by atoms with Crippen molar-refractivity contribution in [2.24, 2.45) is 0 Å². The van der Waals surface area contributed by atoms with Crippen LogP contribution in [0.4, 0.5) is 5.82 Å². The van der Waals surface area contributed by atoms with E-state index in [1.807, 2.05) is 26.0 Å². The van der Waals surface area contributed by atoms with Gasteiger partial charge in [-0.25, -0.2) is 9.78 Å². The van der Waals surface area contributed by atoms with Gasteiger partial charge in [-0.3, -0.25) is 4.90 Å². The third-order valence-corrected chi connectivity index (χ3v) is 5.44. The highest BCUT2D eigenvalue weighted by Crippen LogP contribution is 2.22. The van der Waals surface area contributed by atoms with E-state index in [-0.39, 0.29) is 5.63 Å². The summed E-state index contributed by atoms with van der Waals surface area (Å²) < 4.78 is 7.18. The van der Waals surface area contributed by atoms with E-state index < -0.39 is 0 Å². The Morgan fingerprint density at radius 2 is 1.90 bits per heavy atom. The van der Waals surface area contributed by atoms with Crippen molar-refractivity contribution in [1.29, 1.82) is 0 Å². The summed E-state index contributed by atoms with van der Waals surface area (Å²) in [4.78, 5) is 25.3. The summed E-state index contributed by atoms with van der Waals surface area (Å²) >= 11 is 0. The van der Waals surface area contributed by atoms with Crippen LogP contribution in [0.1, 0.15) is 16.8 Å². The second-order valence-electron chi connectivity index (χ2n) is 7.58. The van der Waals surface area contributed by atoms with Gasteiger partial charge in [0.05, 0.1) is 0 Å². The summed E-state index contributed by atoms with van der Waals surface area (Å²) in [6.45, 7) is 8.23. The first-order chi connectivity index (χ1) is 14.1. The molecule has 4 heterocycles. The lowest BCUT2D eigenvalue weighted by atomic mass is 10.1. The number of piperazine rings is 1. The van der Waals surface area contributed by atoms with Crippen molar-refractivity contribution in [2.75, 3.05) is 31.1 Å². The molecule has 1 saturated heterocycles. The Kier molecular flexibility index (Phi) is 4.28. The maximum Gasteiger partial charge on any atom is 0.336 e. The van der Waals surface area contributed by atoms with Crippen molar-refractivity contribution < 1.29 is 4.42 Å². The molecule has 1 aliphatic rings. The molecular formula is C21H22N6O2. The van der Waals surface area contributed by atoms with Crippen molar-refractivity contribution in [2.45, 2.75) is 20.4 Å². The molecule has 1 aliphatic heterocycles. The molecule has 5 rings (SSSR count). The zero-order chi connectivity index (χ0) is 20.0. The third kappa shape index (κ3) is 3.36. The Hall–Kier alpha value is -3.26. The average Bonchev–Trinajstić information content (AvgIpc) is 3.16. The van der Waals surface area contributed by atoms with Gasteiger partial charge in [0.1, 0.15) is 17.7 Å². The molecular weight excluding hydrogens is 368 g/mol. The van der Waals surface area contributed by atoms with Gasteiger partial charge in [-0.05, 0) is 31.0 Å². The molecule has 29 heavy (non-hydrogen) atoms. The van der Waals surface area contributed by atoms with Gasteiger partial charge in [-0.2, -0.15) is 14.6 Å². The number of aryl methyl sites for hydroxylation is 2. The van der Waals surface area contributed by atoms with Crippen LogP contribution in [0.2, 0.25) is 0 Å². The van der Waals surface area contributed by atoms with Crippen LogP contribution in [-0.2, 0) is 6.54 Å².